The van der Waals surface area contributed by atoms with Gasteiger partial charge in [-0.05, 0) is 12.3 Å². The highest BCUT2D eigenvalue weighted by atomic mass is 32.2. The second-order valence-corrected chi connectivity index (χ2v) is 8.03. The SMILES string of the molecule is CC(C)CCCCCCCCCOC(=O)C(CC(=O)O)S(=O)(=O)O. The number of carbonyl (C=O) groups is 2. The van der Waals surface area contributed by atoms with Crippen LogP contribution in [0, 0.1) is 5.92 Å². The number of aliphatic carboxylic acids is 1. The molecule has 0 saturated heterocycles. The Morgan fingerprint density at radius 3 is 1.92 bits per heavy atom. The van der Waals surface area contributed by atoms with Crippen molar-refractivity contribution in [3.8, 4) is 0 Å². The van der Waals surface area contributed by atoms with Gasteiger partial charge in [0, 0.05) is 0 Å². The van der Waals surface area contributed by atoms with Gasteiger partial charge < -0.3 is 9.84 Å². The average Bonchev–Trinajstić information content (AvgIpc) is 2.44. The minimum atomic E-state index is -4.78. The number of carboxylic acid groups (broad SMARTS) is 1. The molecule has 0 spiro atoms. The Kier molecular flexibility index (Phi) is 11.7. The van der Waals surface area contributed by atoms with Crippen LogP contribution in [0.5, 0.6) is 0 Å². The largest absolute Gasteiger partial charge is 0.481 e. The zero-order valence-electron chi connectivity index (χ0n) is 14.6. The minimum absolute atomic E-state index is 0.0256. The summed E-state index contributed by atoms with van der Waals surface area (Å²) in [4.78, 5) is 22.1. The van der Waals surface area contributed by atoms with Gasteiger partial charge in [-0.15, -0.1) is 0 Å². The summed E-state index contributed by atoms with van der Waals surface area (Å²) in [5, 5.41) is 6.51. The number of ether oxygens (including phenoxy) is 1. The summed E-state index contributed by atoms with van der Waals surface area (Å²) in [6, 6.07) is 0. The smallest absolute Gasteiger partial charge is 0.327 e. The zero-order chi connectivity index (χ0) is 18.6. The second-order valence-electron chi connectivity index (χ2n) is 6.43. The Labute approximate surface area is 144 Å². The molecule has 0 aliphatic carbocycles. The third kappa shape index (κ3) is 12.3. The fourth-order valence-corrected chi connectivity index (χ4v) is 2.94. The minimum Gasteiger partial charge on any atom is -0.481 e. The maximum atomic E-state index is 11.6. The van der Waals surface area contributed by atoms with Crippen molar-refractivity contribution < 1.29 is 32.4 Å². The fourth-order valence-electron chi connectivity index (χ4n) is 2.27. The third-order valence-corrected chi connectivity index (χ3v) is 4.73. The maximum Gasteiger partial charge on any atom is 0.327 e. The molecular weight excluding hydrogens is 336 g/mol. The molecule has 0 rings (SSSR count). The van der Waals surface area contributed by atoms with Gasteiger partial charge in [0.25, 0.3) is 10.1 Å². The second kappa shape index (κ2) is 12.2. The predicted octanol–water partition coefficient (Wildman–Crippen LogP) is 3.04. The molecule has 8 heteroatoms. The van der Waals surface area contributed by atoms with Crippen molar-refractivity contribution in [3.63, 3.8) is 0 Å². The summed E-state index contributed by atoms with van der Waals surface area (Å²) >= 11 is 0. The molecule has 0 radical (unpaired) electrons. The molecule has 142 valence electrons. The van der Waals surface area contributed by atoms with Crippen LogP contribution in [-0.4, -0.2) is 41.9 Å². The molecule has 0 aliphatic heterocycles. The highest BCUT2D eigenvalue weighted by molar-refractivity contribution is 7.87. The van der Waals surface area contributed by atoms with Crippen LogP contribution in [0.4, 0.5) is 0 Å². The Balaban J connectivity index is 3.79. The highest BCUT2D eigenvalue weighted by Gasteiger charge is 2.34. The Morgan fingerprint density at radius 1 is 0.958 bits per heavy atom. The van der Waals surface area contributed by atoms with E-state index in [0.29, 0.717) is 6.42 Å². The summed E-state index contributed by atoms with van der Waals surface area (Å²) in [5.41, 5.74) is 0. The molecule has 0 aromatic heterocycles. The Hall–Kier alpha value is -1.15. The molecule has 7 nitrogen and oxygen atoms in total. The summed E-state index contributed by atoms with van der Waals surface area (Å²) < 4.78 is 35.6. The molecule has 0 amide bonds. The summed E-state index contributed by atoms with van der Waals surface area (Å²) in [6.45, 7) is 4.45. The van der Waals surface area contributed by atoms with E-state index in [9.17, 15) is 18.0 Å². The van der Waals surface area contributed by atoms with Gasteiger partial charge in [-0.1, -0.05) is 58.8 Å². The van der Waals surface area contributed by atoms with Gasteiger partial charge in [0.05, 0.1) is 13.0 Å². The zero-order valence-corrected chi connectivity index (χ0v) is 15.4. The average molecular weight is 366 g/mol. The topological polar surface area (TPSA) is 118 Å². The first-order valence-electron chi connectivity index (χ1n) is 8.49. The van der Waals surface area contributed by atoms with E-state index >= 15 is 0 Å². The highest BCUT2D eigenvalue weighted by Crippen LogP contribution is 2.12. The first kappa shape index (κ1) is 22.9. The van der Waals surface area contributed by atoms with Crippen LogP contribution in [0.3, 0.4) is 0 Å². The van der Waals surface area contributed by atoms with Crippen molar-refractivity contribution in [3.05, 3.63) is 0 Å². The van der Waals surface area contributed by atoms with Gasteiger partial charge in [-0.3, -0.25) is 14.1 Å². The van der Waals surface area contributed by atoms with E-state index in [1.54, 1.807) is 0 Å². The van der Waals surface area contributed by atoms with Crippen molar-refractivity contribution in [2.45, 2.75) is 76.9 Å². The molecule has 0 heterocycles. The van der Waals surface area contributed by atoms with E-state index in [4.69, 9.17) is 14.4 Å². The van der Waals surface area contributed by atoms with Crippen molar-refractivity contribution in [2.75, 3.05) is 6.61 Å². The Morgan fingerprint density at radius 2 is 1.46 bits per heavy atom. The van der Waals surface area contributed by atoms with E-state index in [0.717, 1.165) is 25.2 Å². The van der Waals surface area contributed by atoms with Gasteiger partial charge in [0.1, 0.15) is 0 Å². The van der Waals surface area contributed by atoms with E-state index in [1.807, 2.05) is 0 Å². The first-order chi connectivity index (χ1) is 11.1. The van der Waals surface area contributed by atoms with Gasteiger partial charge >= 0.3 is 11.9 Å². The standard InChI is InChI=1S/C16H30O7S/c1-13(2)10-8-6-4-3-5-7-9-11-23-16(19)14(12-15(17)18)24(20,21)22/h13-14H,3-12H2,1-2H3,(H,17,18)(H,20,21,22). The lowest BCUT2D eigenvalue weighted by Gasteiger charge is -2.11. The number of carbonyl (C=O) groups excluding carboxylic acids is 1. The van der Waals surface area contributed by atoms with Crippen LogP contribution < -0.4 is 0 Å². The monoisotopic (exact) mass is 366 g/mol. The van der Waals surface area contributed by atoms with Gasteiger partial charge in [-0.25, -0.2) is 0 Å². The molecule has 0 aliphatic rings. The van der Waals surface area contributed by atoms with Gasteiger partial charge in [0.2, 0.25) is 0 Å². The van der Waals surface area contributed by atoms with Crippen molar-refractivity contribution in [1.82, 2.24) is 0 Å². The quantitative estimate of drug-likeness (QED) is 0.275. The van der Waals surface area contributed by atoms with Crippen LogP contribution in [0.25, 0.3) is 0 Å². The number of esters is 1. The number of hydrogen-bond donors (Lipinski definition) is 2. The number of hydrogen-bond acceptors (Lipinski definition) is 5. The van der Waals surface area contributed by atoms with Crippen molar-refractivity contribution in [2.24, 2.45) is 5.92 Å². The van der Waals surface area contributed by atoms with E-state index in [1.165, 1.54) is 25.7 Å². The molecule has 0 bridgehead atoms. The first-order valence-corrected chi connectivity index (χ1v) is 9.99. The van der Waals surface area contributed by atoms with Crippen molar-refractivity contribution >= 4 is 22.1 Å². The van der Waals surface area contributed by atoms with E-state index < -0.39 is 33.7 Å². The summed E-state index contributed by atoms with van der Waals surface area (Å²) in [6.07, 6.45) is 7.45. The van der Waals surface area contributed by atoms with Crippen LogP contribution in [0.15, 0.2) is 0 Å². The van der Waals surface area contributed by atoms with Crippen LogP contribution >= 0.6 is 0 Å². The molecule has 0 aromatic rings. The molecule has 0 aromatic carbocycles. The lowest BCUT2D eigenvalue weighted by Crippen LogP contribution is -2.34. The number of unbranched alkanes of at least 4 members (excludes halogenated alkanes) is 6. The van der Waals surface area contributed by atoms with Gasteiger partial charge in [-0.2, -0.15) is 8.42 Å². The molecule has 0 saturated carbocycles. The summed E-state index contributed by atoms with van der Waals surface area (Å²) in [5.74, 6) is -1.96. The molecule has 0 fully saturated rings. The normalized spacial score (nSPS) is 13.0. The lowest BCUT2D eigenvalue weighted by molar-refractivity contribution is -0.147. The molecular formula is C16H30O7S. The predicted molar refractivity (Wildman–Crippen MR) is 90.3 cm³/mol. The van der Waals surface area contributed by atoms with Crippen LogP contribution in [-0.2, 0) is 24.4 Å². The molecule has 2 N–H and O–H groups in total. The van der Waals surface area contributed by atoms with Gasteiger partial charge in [0.15, 0.2) is 5.25 Å². The number of rotatable bonds is 14. The third-order valence-electron chi connectivity index (χ3n) is 3.65. The van der Waals surface area contributed by atoms with Crippen molar-refractivity contribution in [1.29, 1.82) is 0 Å². The molecule has 1 unspecified atom stereocenters. The maximum absolute atomic E-state index is 11.6. The van der Waals surface area contributed by atoms with Crippen LogP contribution in [0.2, 0.25) is 0 Å². The van der Waals surface area contributed by atoms with E-state index in [2.05, 4.69) is 13.8 Å². The molecule has 24 heavy (non-hydrogen) atoms. The summed E-state index contributed by atoms with van der Waals surface area (Å²) in [7, 11) is -4.78. The Bertz CT molecular complexity index is 471. The molecule has 1 atom stereocenters. The lowest BCUT2D eigenvalue weighted by atomic mass is 10.0. The fraction of sp³-hybridized carbons (Fsp3) is 0.875. The number of carboxylic acids is 1. The van der Waals surface area contributed by atoms with E-state index in [-0.39, 0.29) is 6.61 Å². The van der Waals surface area contributed by atoms with Crippen LogP contribution in [0.1, 0.15) is 71.6 Å².